The largest absolute Gasteiger partial charge is 0.383 e. The summed E-state index contributed by atoms with van der Waals surface area (Å²) in [4.78, 5) is 37.2. The summed E-state index contributed by atoms with van der Waals surface area (Å²) in [6.45, 7) is 3.03. The first-order valence-electron chi connectivity index (χ1n) is 12.9. The fourth-order valence-electron chi connectivity index (χ4n) is 6.19. The van der Waals surface area contributed by atoms with Crippen LogP contribution in [0.25, 0.3) is 0 Å². The zero-order valence-electron chi connectivity index (χ0n) is 20.7. The first-order chi connectivity index (χ1) is 17.1. The number of rotatable bonds is 8. The summed E-state index contributed by atoms with van der Waals surface area (Å²) in [6.07, 6.45) is 9.88. The summed E-state index contributed by atoms with van der Waals surface area (Å²) in [5, 5.41) is 0. The van der Waals surface area contributed by atoms with E-state index in [1.807, 2.05) is 23.2 Å². The lowest BCUT2D eigenvalue weighted by molar-refractivity contribution is -0.136. The molecule has 2 aliphatic heterocycles. The van der Waals surface area contributed by atoms with Crippen LogP contribution in [0.3, 0.4) is 0 Å². The van der Waals surface area contributed by atoms with E-state index in [0.29, 0.717) is 38.6 Å². The number of aromatic nitrogens is 1. The second kappa shape index (κ2) is 10.5. The Balaban J connectivity index is 1.25. The molecule has 1 aromatic carbocycles. The average molecular weight is 477 g/mol. The fraction of sp³-hybridized carbons (Fsp3) is 0.536. The Morgan fingerprint density at radius 3 is 2.60 bits per heavy atom. The number of carbonyl (C=O) groups is 2. The van der Waals surface area contributed by atoms with Gasteiger partial charge in [0.1, 0.15) is 5.54 Å². The molecule has 2 saturated heterocycles. The minimum Gasteiger partial charge on any atom is -0.383 e. The number of hydrogen-bond donors (Lipinski definition) is 0. The molecule has 0 N–H and O–H groups in total. The quantitative estimate of drug-likeness (QED) is 0.547. The van der Waals surface area contributed by atoms with Crippen molar-refractivity contribution in [1.82, 2.24) is 19.7 Å². The highest BCUT2D eigenvalue weighted by molar-refractivity contribution is 6.07. The molecule has 3 amide bonds. The molecule has 1 unspecified atom stereocenters. The number of imide groups is 1. The summed E-state index contributed by atoms with van der Waals surface area (Å²) in [7, 11) is 1.64. The van der Waals surface area contributed by atoms with Gasteiger partial charge in [0.25, 0.3) is 5.91 Å². The van der Waals surface area contributed by atoms with Crippen molar-refractivity contribution >= 4 is 11.9 Å². The molecule has 1 spiro atoms. The Morgan fingerprint density at radius 2 is 1.86 bits per heavy atom. The molecule has 5 rings (SSSR count). The van der Waals surface area contributed by atoms with Crippen LogP contribution in [0.5, 0.6) is 0 Å². The van der Waals surface area contributed by atoms with Crippen LogP contribution in [0, 0.1) is 0 Å². The van der Waals surface area contributed by atoms with Crippen molar-refractivity contribution in [2.45, 2.75) is 56.5 Å². The van der Waals surface area contributed by atoms with Crippen LogP contribution in [-0.2, 0) is 28.8 Å². The third kappa shape index (κ3) is 4.71. The molecule has 0 bridgehead atoms. The number of fused-ring (bicyclic) bond motifs is 1. The van der Waals surface area contributed by atoms with Crippen molar-refractivity contribution in [2.24, 2.45) is 0 Å². The molecule has 2 fully saturated rings. The molecule has 2 aromatic rings. The van der Waals surface area contributed by atoms with E-state index in [0.717, 1.165) is 50.8 Å². The van der Waals surface area contributed by atoms with Gasteiger partial charge < -0.3 is 9.64 Å². The van der Waals surface area contributed by atoms with Crippen LogP contribution in [0.4, 0.5) is 4.79 Å². The fourth-order valence-corrected chi connectivity index (χ4v) is 6.19. The minimum absolute atomic E-state index is 0.0153. The van der Waals surface area contributed by atoms with Gasteiger partial charge in [0.15, 0.2) is 0 Å². The predicted octanol–water partition coefficient (Wildman–Crippen LogP) is 3.32. The van der Waals surface area contributed by atoms with E-state index in [2.05, 4.69) is 34.1 Å². The molecular weight excluding hydrogens is 440 g/mol. The lowest BCUT2D eigenvalue weighted by Crippen LogP contribution is -2.58. The van der Waals surface area contributed by atoms with Crippen molar-refractivity contribution in [3.05, 3.63) is 65.5 Å². The van der Waals surface area contributed by atoms with Crippen LogP contribution in [-0.4, -0.2) is 83.1 Å². The number of nitrogens with zero attached hydrogens (tertiary/aromatic N) is 4. The van der Waals surface area contributed by atoms with E-state index in [1.165, 1.54) is 16.0 Å². The lowest BCUT2D eigenvalue weighted by atomic mass is 9.82. The van der Waals surface area contributed by atoms with E-state index in [9.17, 15) is 9.59 Å². The monoisotopic (exact) mass is 476 g/mol. The third-order valence-corrected chi connectivity index (χ3v) is 8.17. The van der Waals surface area contributed by atoms with Crippen molar-refractivity contribution in [3.8, 4) is 0 Å². The lowest BCUT2D eigenvalue weighted by Gasteiger charge is -2.45. The smallest absolute Gasteiger partial charge is 0.327 e. The summed E-state index contributed by atoms with van der Waals surface area (Å²) in [5.41, 5.74) is 3.33. The maximum atomic E-state index is 13.7. The number of aryl methyl sites for hydroxylation is 2. The summed E-state index contributed by atoms with van der Waals surface area (Å²) < 4.78 is 5.30. The number of urea groups is 1. The zero-order valence-corrected chi connectivity index (χ0v) is 20.7. The highest BCUT2D eigenvalue weighted by atomic mass is 16.5. The Labute approximate surface area is 208 Å². The van der Waals surface area contributed by atoms with Crippen LogP contribution in [0.1, 0.15) is 42.4 Å². The van der Waals surface area contributed by atoms with Gasteiger partial charge in [-0.05, 0) is 67.7 Å². The van der Waals surface area contributed by atoms with Gasteiger partial charge in [0.2, 0.25) is 0 Å². The van der Waals surface area contributed by atoms with Crippen LogP contribution < -0.4 is 0 Å². The van der Waals surface area contributed by atoms with E-state index in [4.69, 9.17) is 4.74 Å². The highest BCUT2D eigenvalue weighted by Crippen LogP contribution is 2.39. The number of ether oxygens (including phenoxy) is 1. The Bertz CT molecular complexity index is 1040. The number of hydrogen-bond acceptors (Lipinski definition) is 5. The van der Waals surface area contributed by atoms with E-state index in [-0.39, 0.29) is 11.9 Å². The topological polar surface area (TPSA) is 66.0 Å². The maximum Gasteiger partial charge on any atom is 0.327 e. The van der Waals surface area contributed by atoms with Crippen molar-refractivity contribution in [3.63, 3.8) is 0 Å². The van der Waals surface area contributed by atoms with Gasteiger partial charge >= 0.3 is 6.03 Å². The molecular formula is C28H36N4O3. The summed E-state index contributed by atoms with van der Waals surface area (Å²) in [6, 6.07) is 13.1. The number of amides is 3. The van der Waals surface area contributed by atoms with Gasteiger partial charge in [-0.1, -0.05) is 30.3 Å². The second-order valence-electron chi connectivity index (χ2n) is 10.1. The number of benzene rings is 1. The number of carbonyl (C=O) groups excluding carboxylic acids is 2. The van der Waals surface area contributed by atoms with Crippen molar-refractivity contribution in [2.75, 3.05) is 39.9 Å². The van der Waals surface area contributed by atoms with E-state index in [1.54, 1.807) is 13.3 Å². The number of pyridine rings is 1. The van der Waals surface area contributed by atoms with Gasteiger partial charge in [-0.15, -0.1) is 0 Å². The number of piperidine rings is 1. The second-order valence-corrected chi connectivity index (χ2v) is 10.1. The molecule has 35 heavy (non-hydrogen) atoms. The zero-order chi connectivity index (χ0) is 24.3. The molecule has 1 atom stereocenters. The Kier molecular flexibility index (Phi) is 7.16. The number of methoxy groups -OCH3 is 1. The van der Waals surface area contributed by atoms with Gasteiger partial charge in [-0.2, -0.15) is 0 Å². The molecule has 1 aliphatic carbocycles. The Morgan fingerprint density at radius 1 is 1.06 bits per heavy atom. The minimum atomic E-state index is -0.729. The van der Waals surface area contributed by atoms with Crippen LogP contribution >= 0.6 is 0 Å². The first kappa shape index (κ1) is 23.9. The SMILES string of the molecule is COCCN1C(=O)N(CCCc2cccnc2)C(=O)C12CCN(C1CCc3ccccc3C1)CC2. The van der Waals surface area contributed by atoms with Crippen LogP contribution in [0.15, 0.2) is 48.8 Å². The molecule has 3 aliphatic rings. The standard InChI is InChI=1S/C28H36N4O3/c1-35-19-18-32-27(34)31(15-5-7-22-6-4-14-29-21-22)26(33)28(32)12-16-30(17-13-28)25-11-10-23-8-2-3-9-24(23)20-25/h2-4,6,8-9,14,21,25H,5,7,10-13,15-20H2,1H3. The van der Waals surface area contributed by atoms with Crippen molar-refractivity contribution < 1.29 is 14.3 Å². The summed E-state index contributed by atoms with van der Waals surface area (Å²) >= 11 is 0. The third-order valence-electron chi connectivity index (χ3n) is 8.17. The normalized spacial score (nSPS) is 22.1. The van der Waals surface area contributed by atoms with Gasteiger partial charge in [0, 0.05) is 51.7 Å². The average Bonchev–Trinajstić information content (AvgIpc) is 3.09. The molecule has 7 heteroatoms. The van der Waals surface area contributed by atoms with Gasteiger partial charge in [-0.25, -0.2) is 4.79 Å². The predicted molar refractivity (Wildman–Crippen MR) is 134 cm³/mol. The molecule has 0 radical (unpaired) electrons. The van der Waals surface area contributed by atoms with Crippen molar-refractivity contribution in [1.29, 1.82) is 0 Å². The Hall–Kier alpha value is -2.77. The van der Waals surface area contributed by atoms with Gasteiger partial charge in [-0.3, -0.25) is 19.6 Å². The first-order valence-corrected chi connectivity index (χ1v) is 12.9. The maximum absolute atomic E-state index is 13.7. The molecule has 0 saturated carbocycles. The highest BCUT2D eigenvalue weighted by Gasteiger charge is 2.57. The molecule has 186 valence electrons. The molecule has 1 aromatic heterocycles. The van der Waals surface area contributed by atoms with Gasteiger partial charge in [0.05, 0.1) is 6.61 Å². The van der Waals surface area contributed by atoms with E-state index < -0.39 is 5.54 Å². The van der Waals surface area contributed by atoms with E-state index >= 15 is 0 Å². The van der Waals surface area contributed by atoms with Crippen LogP contribution in [0.2, 0.25) is 0 Å². The summed E-state index contributed by atoms with van der Waals surface area (Å²) in [5.74, 6) is -0.0153. The molecule has 7 nitrogen and oxygen atoms in total. The molecule has 3 heterocycles. The number of likely N-dealkylation sites (tertiary alicyclic amines) is 1.